The van der Waals surface area contributed by atoms with Gasteiger partial charge in [-0.15, -0.1) is 0 Å². The van der Waals surface area contributed by atoms with Crippen LogP contribution in [0.3, 0.4) is 0 Å². The predicted molar refractivity (Wildman–Crippen MR) is 97.1 cm³/mol. The minimum Gasteiger partial charge on any atom is -0.372 e. The number of pyridine rings is 2. The van der Waals surface area contributed by atoms with Crippen molar-refractivity contribution in [2.45, 2.75) is 23.3 Å². The van der Waals surface area contributed by atoms with E-state index in [1.165, 1.54) is 10.5 Å². The van der Waals surface area contributed by atoms with Crippen LogP contribution in [0.15, 0.2) is 53.8 Å². The van der Waals surface area contributed by atoms with Crippen LogP contribution in [0.4, 0.5) is 5.82 Å². The largest absolute Gasteiger partial charge is 0.372 e. The highest BCUT2D eigenvalue weighted by atomic mass is 32.2. The molecule has 0 bridgehead atoms. The number of ether oxygens (including phenoxy) is 1. The van der Waals surface area contributed by atoms with E-state index in [1.54, 1.807) is 24.5 Å². The summed E-state index contributed by atoms with van der Waals surface area (Å²) in [6, 6.07) is 8.99. The van der Waals surface area contributed by atoms with Crippen LogP contribution in [0.5, 0.6) is 0 Å². The molecule has 2 aromatic heterocycles. The number of nitrogens with one attached hydrogen (secondary N) is 1. The summed E-state index contributed by atoms with van der Waals surface area (Å²) in [5, 5.41) is 3.32. The zero-order valence-electron chi connectivity index (χ0n) is 14.4. The number of hydrogen-bond donors (Lipinski definition) is 1. The number of aromatic nitrogens is 2. The smallest absolute Gasteiger partial charge is 0.244 e. The molecule has 0 aromatic carbocycles. The van der Waals surface area contributed by atoms with Crippen molar-refractivity contribution < 1.29 is 13.2 Å². The molecule has 4 rings (SSSR count). The van der Waals surface area contributed by atoms with Crippen molar-refractivity contribution in [2.75, 3.05) is 31.6 Å². The zero-order valence-corrected chi connectivity index (χ0v) is 15.2. The summed E-state index contributed by atoms with van der Waals surface area (Å²) in [5.41, 5.74) is -0.346. The molecule has 8 heteroatoms. The zero-order chi connectivity index (χ0) is 18.0. The van der Waals surface area contributed by atoms with E-state index < -0.39 is 10.0 Å². The SMILES string of the molecule is O=S(=O)(c1cccnc1)N1CC2(C1)OCC[C@@H]2CCNc1ccccn1. The first kappa shape index (κ1) is 17.4. The van der Waals surface area contributed by atoms with Crippen LogP contribution in [-0.2, 0) is 14.8 Å². The average molecular weight is 374 g/mol. The monoisotopic (exact) mass is 374 g/mol. The lowest BCUT2D eigenvalue weighted by Crippen LogP contribution is -2.66. The molecule has 1 atom stereocenters. The molecule has 0 saturated carbocycles. The van der Waals surface area contributed by atoms with Gasteiger partial charge >= 0.3 is 0 Å². The van der Waals surface area contributed by atoms with Gasteiger partial charge in [-0.25, -0.2) is 13.4 Å². The summed E-state index contributed by atoms with van der Waals surface area (Å²) in [7, 11) is -3.49. The summed E-state index contributed by atoms with van der Waals surface area (Å²) in [4.78, 5) is 8.41. The normalized spacial score (nSPS) is 22.2. The molecule has 2 saturated heterocycles. The van der Waals surface area contributed by atoms with Crippen molar-refractivity contribution in [3.8, 4) is 0 Å². The maximum absolute atomic E-state index is 12.7. The van der Waals surface area contributed by atoms with Crippen LogP contribution >= 0.6 is 0 Å². The van der Waals surface area contributed by atoms with Gasteiger partial charge in [0, 0.05) is 44.8 Å². The Labute approximate surface area is 153 Å². The van der Waals surface area contributed by atoms with Gasteiger partial charge in [0.15, 0.2) is 0 Å². The Hall–Kier alpha value is -2.03. The summed E-state index contributed by atoms with van der Waals surface area (Å²) in [5.74, 6) is 1.20. The van der Waals surface area contributed by atoms with Crippen molar-refractivity contribution >= 4 is 15.8 Å². The van der Waals surface area contributed by atoms with Gasteiger partial charge in [0.05, 0.1) is 5.60 Å². The van der Waals surface area contributed by atoms with Crippen molar-refractivity contribution in [3.63, 3.8) is 0 Å². The van der Waals surface area contributed by atoms with E-state index >= 15 is 0 Å². The summed E-state index contributed by atoms with van der Waals surface area (Å²) in [6.07, 6.45) is 6.61. The lowest BCUT2D eigenvalue weighted by atomic mass is 9.80. The fraction of sp³-hybridized carbons (Fsp3) is 0.444. The number of anilines is 1. The Morgan fingerprint density at radius 3 is 2.85 bits per heavy atom. The highest BCUT2D eigenvalue weighted by Crippen LogP contribution is 2.43. The maximum atomic E-state index is 12.7. The number of sulfonamides is 1. The third-order valence-electron chi connectivity index (χ3n) is 5.22. The van der Waals surface area contributed by atoms with E-state index in [1.807, 2.05) is 18.2 Å². The summed E-state index contributed by atoms with van der Waals surface area (Å²) >= 11 is 0. The Balaban J connectivity index is 1.36. The van der Waals surface area contributed by atoms with E-state index in [9.17, 15) is 8.42 Å². The fourth-order valence-corrected chi connectivity index (χ4v) is 5.27. The van der Waals surface area contributed by atoms with Crippen LogP contribution in [0.2, 0.25) is 0 Å². The average Bonchev–Trinajstić information content (AvgIpc) is 3.06. The standard InChI is InChI=1S/C18H22N4O3S/c23-26(24,16-4-3-8-19-12-16)22-13-18(14-22)15(7-11-25-18)6-10-21-17-5-1-2-9-20-17/h1-5,8-9,12,15H,6-7,10-11,13-14H2,(H,20,21)/t15-/m0/s1. The van der Waals surface area contributed by atoms with E-state index in [0.29, 0.717) is 25.6 Å². The van der Waals surface area contributed by atoms with Gasteiger partial charge in [0.25, 0.3) is 0 Å². The predicted octanol–water partition coefficient (Wildman–Crippen LogP) is 1.76. The Morgan fingerprint density at radius 2 is 2.12 bits per heavy atom. The van der Waals surface area contributed by atoms with Gasteiger partial charge in [-0.2, -0.15) is 4.31 Å². The highest BCUT2D eigenvalue weighted by molar-refractivity contribution is 7.89. The van der Waals surface area contributed by atoms with E-state index in [-0.39, 0.29) is 10.5 Å². The van der Waals surface area contributed by atoms with E-state index in [2.05, 4.69) is 15.3 Å². The first-order valence-electron chi connectivity index (χ1n) is 8.79. The molecule has 138 valence electrons. The van der Waals surface area contributed by atoms with Crippen molar-refractivity contribution in [1.29, 1.82) is 0 Å². The van der Waals surface area contributed by atoms with E-state index in [4.69, 9.17) is 4.74 Å². The molecule has 2 aromatic rings. The van der Waals surface area contributed by atoms with Gasteiger partial charge in [-0.1, -0.05) is 6.07 Å². The molecule has 2 aliphatic rings. The molecule has 0 amide bonds. The van der Waals surface area contributed by atoms with Crippen molar-refractivity contribution in [2.24, 2.45) is 5.92 Å². The fourth-order valence-electron chi connectivity index (χ4n) is 3.75. The van der Waals surface area contributed by atoms with Gasteiger partial charge in [-0.05, 0) is 43.0 Å². The molecule has 2 aliphatic heterocycles. The van der Waals surface area contributed by atoms with Crippen LogP contribution in [0, 0.1) is 5.92 Å². The minimum atomic E-state index is -3.49. The molecular weight excluding hydrogens is 352 g/mol. The molecule has 0 unspecified atom stereocenters. The topological polar surface area (TPSA) is 84.4 Å². The van der Waals surface area contributed by atoms with Crippen LogP contribution in [-0.4, -0.2) is 54.5 Å². The van der Waals surface area contributed by atoms with Crippen molar-refractivity contribution in [1.82, 2.24) is 14.3 Å². The molecule has 0 aliphatic carbocycles. The quantitative estimate of drug-likeness (QED) is 0.829. The third kappa shape index (κ3) is 3.20. The Bertz CT molecular complexity index is 839. The molecule has 26 heavy (non-hydrogen) atoms. The number of rotatable bonds is 6. The van der Waals surface area contributed by atoms with Gasteiger partial charge < -0.3 is 10.1 Å². The molecule has 4 heterocycles. The summed E-state index contributed by atoms with van der Waals surface area (Å²) in [6.45, 7) is 2.31. The third-order valence-corrected chi connectivity index (χ3v) is 7.00. The first-order valence-corrected chi connectivity index (χ1v) is 10.2. The van der Waals surface area contributed by atoms with Gasteiger partial charge in [0.2, 0.25) is 10.0 Å². The van der Waals surface area contributed by atoms with Crippen LogP contribution < -0.4 is 5.32 Å². The van der Waals surface area contributed by atoms with Gasteiger partial charge in [0.1, 0.15) is 10.7 Å². The minimum absolute atomic E-state index is 0.237. The van der Waals surface area contributed by atoms with E-state index in [0.717, 1.165) is 25.2 Å². The second kappa shape index (κ2) is 6.94. The lowest BCUT2D eigenvalue weighted by Gasteiger charge is -2.49. The second-order valence-electron chi connectivity index (χ2n) is 6.79. The van der Waals surface area contributed by atoms with Crippen LogP contribution in [0.25, 0.3) is 0 Å². The Morgan fingerprint density at radius 1 is 1.23 bits per heavy atom. The lowest BCUT2D eigenvalue weighted by molar-refractivity contribution is -0.102. The molecular formula is C18H22N4O3S. The maximum Gasteiger partial charge on any atom is 0.244 e. The number of nitrogens with zero attached hydrogens (tertiary/aromatic N) is 3. The molecule has 2 fully saturated rings. The molecule has 1 spiro atoms. The molecule has 1 N–H and O–H groups in total. The molecule has 0 radical (unpaired) electrons. The van der Waals surface area contributed by atoms with Crippen molar-refractivity contribution in [3.05, 3.63) is 48.9 Å². The summed E-state index contributed by atoms with van der Waals surface area (Å²) < 4.78 is 32.8. The van der Waals surface area contributed by atoms with Gasteiger partial charge in [-0.3, -0.25) is 4.98 Å². The second-order valence-corrected chi connectivity index (χ2v) is 8.73. The first-order chi connectivity index (χ1) is 12.6. The highest BCUT2D eigenvalue weighted by Gasteiger charge is 2.56. The Kier molecular flexibility index (Phi) is 4.64. The van der Waals surface area contributed by atoms with Crippen LogP contribution in [0.1, 0.15) is 12.8 Å². The molecule has 7 nitrogen and oxygen atoms in total. The number of hydrogen-bond acceptors (Lipinski definition) is 6.